The third kappa shape index (κ3) is 4.88. The molecule has 6 nitrogen and oxygen atoms in total. The van der Waals surface area contributed by atoms with Crippen molar-refractivity contribution in [3.05, 3.63) is 24.3 Å². The molecule has 0 fully saturated rings. The number of hydrogen-bond acceptors (Lipinski definition) is 4. The summed E-state index contributed by atoms with van der Waals surface area (Å²) in [6.07, 6.45) is -0.602. The number of amides is 2. The van der Waals surface area contributed by atoms with Gasteiger partial charge in [-0.05, 0) is 12.1 Å². The Labute approximate surface area is 108 Å². The first-order chi connectivity index (χ1) is 8.49. The lowest BCUT2D eigenvalue weighted by molar-refractivity contribution is -0.139. The molecule has 1 rings (SSSR count). The largest absolute Gasteiger partial charge is 0.481 e. The average molecular weight is 268 g/mol. The molecule has 0 aromatic heterocycles. The van der Waals surface area contributed by atoms with Crippen LogP contribution in [-0.4, -0.2) is 28.6 Å². The number of hydrogen-bond donors (Lipinski definition) is 3. The molecule has 0 unspecified atom stereocenters. The van der Waals surface area contributed by atoms with Crippen LogP contribution in [0.2, 0.25) is 0 Å². The minimum Gasteiger partial charge on any atom is -0.481 e. The van der Waals surface area contributed by atoms with Crippen LogP contribution in [0.4, 0.5) is 5.69 Å². The van der Waals surface area contributed by atoms with Crippen molar-refractivity contribution in [3.8, 4) is 0 Å². The summed E-state index contributed by atoms with van der Waals surface area (Å²) in [7, 11) is 0. The number of primary amides is 1. The molecule has 0 aliphatic rings. The van der Waals surface area contributed by atoms with Gasteiger partial charge in [-0.2, -0.15) is 0 Å². The molecule has 7 heteroatoms. The predicted molar refractivity (Wildman–Crippen MR) is 67.2 cm³/mol. The fourth-order valence-electron chi connectivity index (χ4n) is 1.18. The highest BCUT2D eigenvalue weighted by molar-refractivity contribution is 8.00. The number of nitrogens with one attached hydrogen (secondary N) is 1. The van der Waals surface area contributed by atoms with Gasteiger partial charge in [-0.15, -0.1) is 11.8 Å². The minimum absolute atomic E-state index is 0.0891. The van der Waals surface area contributed by atoms with Crippen LogP contribution in [0.3, 0.4) is 0 Å². The van der Waals surface area contributed by atoms with E-state index >= 15 is 0 Å². The summed E-state index contributed by atoms with van der Waals surface area (Å²) in [5, 5.41) is 11.0. The van der Waals surface area contributed by atoms with E-state index in [1.807, 2.05) is 0 Å². The van der Waals surface area contributed by atoms with Gasteiger partial charge in [0.2, 0.25) is 11.8 Å². The molecule has 0 heterocycles. The van der Waals surface area contributed by atoms with E-state index in [-0.39, 0.29) is 5.75 Å². The van der Waals surface area contributed by atoms with Gasteiger partial charge in [0, 0.05) is 4.90 Å². The van der Waals surface area contributed by atoms with E-state index in [1.54, 1.807) is 24.3 Å². The number of aliphatic carboxylic acids is 1. The average Bonchev–Trinajstić information content (AvgIpc) is 2.26. The Bertz CT molecular complexity index is 476. The van der Waals surface area contributed by atoms with Crippen LogP contribution in [0, 0.1) is 0 Å². The van der Waals surface area contributed by atoms with E-state index in [4.69, 9.17) is 10.8 Å². The van der Waals surface area contributed by atoms with Crippen LogP contribution < -0.4 is 11.1 Å². The number of carbonyl (C=O) groups excluding carboxylic acids is 2. The van der Waals surface area contributed by atoms with Gasteiger partial charge >= 0.3 is 5.97 Å². The van der Waals surface area contributed by atoms with Gasteiger partial charge in [0.05, 0.1) is 11.4 Å². The topological polar surface area (TPSA) is 109 Å². The lowest BCUT2D eigenvalue weighted by atomic mass is 10.3. The Balaban J connectivity index is 2.72. The van der Waals surface area contributed by atoms with Gasteiger partial charge in [-0.1, -0.05) is 12.1 Å². The Kier molecular flexibility index (Phi) is 5.19. The second-order valence-corrected chi connectivity index (χ2v) is 4.39. The zero-order valence-electron chi connectivity index (χ0n) is 9.38. The second-order valence-electron chi connectivity index (χ2n) is 3.37. The maximum absolute atomic E-state index is 11.3. The van der Waals surface area contributed by atoms with Gasteiger partial charge in [0.25, 0.3) is 0 Å². The molecule has 0 aliphatic heterocycles. The summed E-state index contributed by atoms with van der Waals surface area (Å²) in [6, 6.07) is 6.79. The fraction of sp³-hybridized carbons (Fsp3) is 0.182. The van der Waals surface area contributed by atoms with Crippen molar-refractivity contribution in [3.63, 3.8) is 0 Å². The highest BCUT2D eigenvalue weighted by Crippen LogP contribution is 2.26. The van der Waals surface area contributed by atoms with Crippen LogP contribution in [0.25, 0.3) is 0 Å². The van der Waals surface area contributed by atoms with E-state index in [9.17, 15) is 14.4 Å². The van der Waals surface area contributed by atoms with E-state index in [1.165, 1.54) is 11.8 Å². The summed E-state index contributed by atoms with van der Waals surface area (Å²) < 4.78 is 0. The Morgan fingerprint density at radius 1 is 1.28 bits per heavy atom. The molecule has 0 bridgehead atoms. The van der Waals surface area contributed by atoms with Gasteiger partial charge in [-0.25, -0.2) is 0 Å². The number of thioether (sulfide) groups is 1. The number of carboxylic acid groups (broad SMARTS) is 1. The highest BCUT2D eigenvalue weighted by Gasteiger charge is 2.10. The van der Waals surface area contributed by atoms with Crippen molar-refractivity contribution >= 4 is 35.2 Å². The third-order valence-corrected chi connectivity index (χ3v) is 2.94. The van der Waals surface area contributed by atoms with Crippen LogP contribution >= 0.6 is 11.8 Å². The molecule has 18 heavy (non-hydrogen) atoms. The molecule has 1 aromatic rings. The summed E-state index contributed by atoms with van der Waals surface area (Å²) in [4.78, 5) is 33.0. The molecule has 0 saturated carbocycles. The lowest BCUT2D eigenvalue weighted by Gasteiger charge is -2.09. The molecule has 0 radical (unpaired) electrons. The summed E-state index contributed by atoms with van der Waals surface area (Å²) >= 11 is 1.18. The number of para-hydroxylation sites is 1. The third-order valence-electron chi connectivity index (χ3n) is 1.84. The summed E-state index contributed by atoms with van der Waals surface area (Å²) in [6.45, 7) is 0. The van der Waals surface area contributed by atoms with E-state index in [0.717, 1.165) is 0 Å². The first-order valence-corrected chi connectivity index (χ1v) is 5.99. The molecule has 96 valence electrons. The number of carboxylic acids is 1. The number of nitrogens with two attached hydrogens (primary N) is 1. The number of anilines is 1. The van der Waals surface area contributed by atoms with Crippen molar-refractivity contribution in [2.45, 2.75) is 11.3 Å². The van der Waals surface area contributed by atoms with Crippen molar-refractivity contribution in [2.24, 2.45) is 5.73 Å². The van der Waals surface area contributed by atoms with Gasteiger partial charge in [0.1, 0.15) is 6.42 Å². The second kappa shape index (κ2) is 6.65. The Hall–Kier alpha value is -2.02. The number of benzene rings is 1. The molecule has 0 atom stereocenters. The normalized spacial score (nSPS) is 9.78. The highest BCUT2D eigenvalue weighted by atomic mass is 32.2. The number of rotatable bonds is 6. The maximum Gasteiger partial charge on any atom is 0.312 e. The first-order valence-electron chi connectivity index (χ1n) is 5.01. The zero-order valence-corrected chi connectivity index (χ0v) is 10.2. The Morgan fingerprint density at radius 2 is 1.94 bits per heavy atom. The lowest BCUT2D eigenvalue weighted by Crippen LogP contribution is -2.17. The van der Waals surface area contributed by atoms with Crippen LogP contribution in [0.5, 0.6) is 0 Å². The van der Waals surface area contributed by atoms with Gasteiger partial charge in [0.15, 0.2) is 0 Å². The zero-order chi connectivity index (χ0) is 13.5. The Morgan fingerprint density at radius 3 is 2.56 bits per heavy atom. The van der Waals surface area contributed by atoms with Crippen LogP contribution in [0.1, 0.15) is 6.42 Å². The molecule has 0 aliphatic carbocycles. The number of carbonyl (C=O) groups is 3. The molecular weight excluding hydrogens is 256 g/mol. The van der Waals surface area contributed by atoms with E-state index in [0.29, 0.717) is 10.6 Å². The van der Waals surface area contributed by atoms with Crippen molar-refractivity contribution < 1.29 is 19.5 Å². The molecule has 0 spiro atoms. The van der Waals surface area contributed by atoms with Crippen molar-refractivity contribution in [1.29, 1.82) is 0 Å². The molecule has 0 saturated heterocycles. The molecular formula is C11H12N2O4S. The van der Waals surface area contributed by atoms with Gasteiger partial charge in [-0.3, -0.25) is 14.4 Å². The molecule has 2 amide bonds. The van der Waals surface area contributed by atoms with E-state index < -0.39 is 24.2 Å². The fourth-order valence-corrected chi connectivity index (χ4v) is 1.92. The first kappa shape index (κ1) is 14.0. The SMILES string of the molecule is NC(=O)CSc1ccccc1NC(=O)CC(=O)O. The monoisotopic (exact) mass is 268 g/mol. The molecule has 1 aromatic carbocycles. The van der Waals surface area contributed by atoms with Crippen molar-refractivity contribution in [2.75, 3.05) is 11.1 Å². The predicted octanol–water partition coefficient (Wildman–Crippen LogP) is 0.677. The summed E-state index contributed by atoms with van der Waals surface area (Å²) in [5.74, 6) is -2.19. The van der Waals surface area contributed by atoms with Crippen molar-refractivity contribution in [1.82, 2.24) is 0 Å². The van der Waals surface area contributed by atoms with Crippen LogP contribution in [0.15, 0.2) is 29.2 Å². The summed E-state index contributed by atoms with van der Waals surface area (Å²) in [5.41, 5.74) is 5.50. The smallest absolute Gasteiger partial charge is 0.312 e. The molecule has 4 N–H and O–H groups in total. The minimum atomic E-state index is -1.20. The standard InChI is InChI=1S/C11H12N2O4S/c12-9(14)6-18-8-4-2-1-3-7(8)13-10(15)5-11(16)17/h1-4H,5-6H2,(H2,12,14)(H,13,15)(H,16,17). The quantitative estimate of drug-likeness (QED) is 0.519. The maximum atomic E-state index is 11.3. The van der Waals surface area contributed by atoms with Crippen LogP contribution in [-0.2, 0) is 14.4 Å². The van der Waals surface area contributed by atoms with Gasteiger partial charge < -0.3 is 16.2 Å². The van der Waals surface area contributed by atoms with E-state index in [2.05, 4.69) is 5.32 Å².